The van der Waals surface area contributed by atoms with Gasteiger partial charge in [-0.25, -0.2) is 5.84 Å². The number of rotatable bonds is 2. The lowest BCUT2D eigenvalue weighted by atomic mass is 10.2. The van der Waals surface area contributed by atoms with Crippen molar-refractivity contribution in [3.63, 3.8) is 0 Å². The molecule has 1 aromatic heterocycles. The third kappa shape index (κ3) is 1.89. The lowest BCUT2D eigenvalue weighted by Crippen LogP contribution is -2.29. The first-order chi connectivity index (χ1) is 7.31. The van der Waals surface area contributed by atoms with E-state index in [-0.39, 0.29) is 5.91 Å². The smallest absolute Gasteiger partial charge is 0.265 e. The van der Waals surface area contributed by atoms with E-state index in [4.69, 9.17) is 5.84 Å². The van der Waals surface area contributed by atoms with E-state index in [0.717, 1.165) is 5.69 Å². The number of amides is 1. The minimum atomic E-state index is -0.288. The summed E-state index contributed by atoms with van der Waals surface area (Å²) in [6, 6.07) is 11.1. The third-order valence-electron chi connectivity index (χ3n) is 2.14. The molecule has 76 valence electrons. The molecule has 0 aliphatic rings. The average Bonchev–Trinajstić information content (AvgIpc) is 2.82. The molecule has 0 radical (unpaired) electrons. The Kier molecular flexibility index (Phi) is 2.51. The molecule has 4 heteroatoms. The summed E-state index contributed by atoms with van der Waals surface area (Å²) in [5, 5.41) is 0. The van der Waals surface area contributed by atoms with Crippen LogP contribution in [0.25, 0.3) is 5.69 Å². The second-order valence-electron chi connectivity index (χ2n) is 3.11. The largest absolute Gasteiger partial charge is 0.324 e. The van der Waals surface area contributed by atoms with Gasteiger partial charge in [-0.1, -0.05) is 6.07 Å². The maximum Gasteiger partial charge on any atom is 0.265 e. The van der Waals surface area contributed by atoms with Crippen molar-refractivity contribution >= 4 is 5.91 Å². The maximum atomic E-state index is 11.3. The minimum Gasteiger partial charge on any atom is -0.324 e. The van der Waals surface area contributed by atoms with E-state index in [2.05, 4.69) is 5.43 Å². The van der Waals surface area contributed by atoms with Crippen molar-refractivity contribution in [3.05, 3.63) is 54.4 Å². The van der Waals surface area contributed by atoms with Gasteiger partial charge in [-0.2, -0.15) is 0 Å². The van der Waals surface area contributed by atoms with Crippen molar-refractivity contribution < 1.29 is 4.79 Å². The number of benzene rings is 1. The predicted octanol–water partition coefficient (Wildman–Crippen LogP) is 1.08. The molecule has 0 atom stereocenters. The summed E-state index contributed by atoms with van der Waals surface area (Å²) < 4.78 is 1.92. The molecule has 0 unspecified atom stereocenters. The highest BCUT2D eigenvalue weighted by atomic mass is 16.2. The van der Waals surface area contributed by atoms with E-state index >= 15 is 0 Å². The van der Waals surface area contributed by atoms with Gasteiger partial charge in [0, 0.05) is 23.6 Å². The van der Waals surface area contributed by atoms with Crippen LogP contribution in [-0.4, -0.2) is 10.5 Å². The number of hydrogen-bond donors (Lipinski definition) is 2. The topological polar surface area (TPSA) is 60.0 Å². The molecule has 1 heterocycles. The van der Waals surface area contributed by atoms with E-state index < -0.39 is 0 Å². The van der Waals surface area contributed by atoms with Crippen LogP contribution in [0.5, 0.6) is 0 Å². The fourth-order valence-corrected chi connectivity index (χ4v) is 1.40. The van der Waals surface area contributed by atoms with Crippen LogP contribution in [0.15, 0.2) is 48.8 Å². The quantitative estimate of drug-likeness (QED) is 0.434. The van der Waals surface area contributed by atoms with Crippen LogP contribution in [0, 0.1) is 0 Å². The van der Waals surface area contributed by atoms with E-state index in [0.29, 0.717) is 5.56 Å². The van der Waals surface area contributed by atoms with E-state index in [9.17, 15) is 4.79 Å². The number of hydrazine groups is 1. The van der Waals surface area contributed by atoms with Crippen LogP contribution in [0.2, 0.25) is 0 Å². The van der Waals surface area contributed by atoms with Crippen molar-refractivity contribution in [2.75, 3.05) is 0 Å². The molecule has 3 N–H and O–H groups in total. The van der Waals surface area contributed by atoms with E-state index in [1.54, 1.807) is 12.1 Å². The average molecular weight is 201 g/mol. The second-order valence-corrected chi connectivity index (χ2v) is 3.11. The predicted molar refractivity (Wildman–Crippen MR) is 57.4 cm³/mol. The van der Waals surface area contributed by atoms with Crippen LogP contribution in [0.3, 0.4) is 0 Å². The van der Waals surface area contributed by atoms with Crippen LogP contribution >= 0.6 is 0 Å². The summed E-state index contributed by atoms with van der Waals surface area (Å²) >= 11 is 0. The number of carbonyl (C=O) groups is 1. The first-order valence-electron chi connectivity index (χ1n) is 4.55. The van der Waals surface area contributed by atoms with Gasteiger partial charge in [0.15, 0.2) is 0 Å². The molecule has 0 saturated heterocycles. The SMILES string of the molecule is NNC(=O)c1cccc(-n2cccc2)c1. The van der Waals surface area contributed by atoms with Crippen molar-refractivity contribution in [1.29, 1.82) is 0 Å². The van der Waals surface area contributed by atoms with Gasteiger partial charge in [0.25, 0.3) is 5.91 Å². The van der Waals surface area contributed by atoms with Gasteiger partial charge in [-0.3, -0.25) is 10.2 Å². The Hall–Kier alpha value is -2.07. The van der Waals surface area contributed by atoms with Crippen LogP contribution < -0.4 is 11.3 Å². The standard InChI is InChI=1S/C11H11N3O/c12-13-11(15)9-4-3-5-10(8-9)14-6-1-2-7-14/h1-8H,12H2,(H,13,15). The molecule has 15 heavy (non-hydrogen) atoms. The lowest BCUT2D eigenvalue weighted by molar-refractivity contribution is 0.0953. The Morgan fingerprint density at radius 1 is 1.20 bits per heavy atom. The number of aromatic nitrogens is 1. The number of hydrogen-bond acceptors (Lipinski definition) is 2. The molecule has 0 fully saturated rings. The molecule has 0 saturated carbocycles. The molecule has 0 aliphatic carbocycles. The van der Waals surface area contributed by atoms with E-state index in [1.165, 1.54) is 0 Å². The van der Waals surface area contributed by atoms with Gasteiger partial charge in [-0.15, -0.1) is 0 Å². The third-order valence-corrected chi connectivity index (χ3v) is 2.14. The highest BCUT2D eigenvalue weighted by molar-refractivity contribution is 5.94. The van der Waals surface area contributed by atoms with Crippen molar-refractivity contribution in [2.45, 2.75) is 0 Å². The van der Waals surface area contributed by atoms with Gasteiger partial charge in [0.1, 0.15) is 0 Å². The highest BCUT2D eigenvalue weighted by Crippen LogP contribution is 2.10. The number of nitrogens with two attached hydrogens (primary N) is 1. The van der Waals surface area contributed by atoms with Crippen LogP contribution in [0.1, 0.15) is 10.4 Å². The molecule has 2 rings (SSSR count). The number of nitrogens with zero attached hydrogens (tertiary/aromatic N) is 1. The highest BCUT2D eigenvalue weighted by Gasteiger charge is 2.03. The monoisotopic (exact) mass is 201 g/mol. The van der Waals surface area contributed by atoms with Gasteiger partial charge in [0.05, 0.1) is 0 Å². The normalized spacial score (nSPS) is 9.93. The summed E-state index contributed by atoms with van der Waals surface area (Å²) in [4.78, 5) is 11.3. The molecule has 4 nitrogen and oxygen atoms in total. The van der Waals surface area contributed by atoms with Gasteiger partial charge < -0.3 is 4.57 Å². The Bertz CT molecular complexity index is 462. The fourth-order valence-electron chi connectivity index (χ4n) is 1.40. The Labute approximate surface area is 87.3 Å². The van der Waals surface area contributed by atoms with Crippen LogP contribution in [-0.2, 0) is 0 Å². The Morgan fingerprint density at radius 2 is 1.93 bits per heavy atom. The Balaban J connectivity index is 2.39. The lowest BCUT2D eigenvalue weighted by Gasteiger charge is -2.05. The number of carbonyl (C=O) groups excluding carboxylic acids is 1. The minimum absolute atomic E-state index is 0.288. The molecular weight excluding hydrogens is 190 g/mol. The number of nitrogens with one attached hydrogen (secondary N) is 1. The molecular formula is C11H11N3O. The van der Waals surface area contributed by atoms with E-state index in [1.807, 2.05) is 41.2 Å². The molecule has 2 aromatic rings. The van der Waals surface area contributed by atoms with Crippen LogP contribution in [0.4, 0.5) is 0 Å². The summed E-state index contributed by atoms with van der Waals surface area (Å²) in [6.45, 7) is 0. The summed E-state index contributed by atoms with van der Waals surface area (Å²) in [5.74, 6) is 4.78. The molecule has 1 aromatic carbocycles. The van der Waals surface area contributed by atoms with Crippen molar-refractivity contribution in [3.8, 4) is 5.69 Å². The number of nitrogen functional groups attached to an aromatic ring is 1. The first kappa shape index (κ1) is 9.48. The van der Waals surface area contributed by atoms with Crippen molar-refractivity contribution in [2.24, 2.45) is 5.84 Å². The summed E-state index contributed by atoms with van der Waals surface area (Å²) in [5.41, 5.74) is 3.58. The maximum absolute atomic E-state index is 11.3. The zero-order chi connectivity index (χ0) is 10.7. The molecule has 0 bridgehead atoms. The Morgan fingerprint density at radius 3 is 2.60 bits per heavy atom. The van der Waals surface area contributed by atoms with Gasteiger partial charge >= 0.3 is 0 Å². The zero-order valence-corrected chi connectivity index (χ0v) is 8.05. The van der Waals surface area contributed by atoms with Gasteiger partial charge in [-0.05, 0) is 30.3 Å². The first-order valence-corrected chi connectivity index (χ1v) is 4.55. The molecule has 0 spiro atoms. The molecule has 1 amide bonds. The fraction of sp³-hybridized carbons (Fsp3) is 0. The van der Waals surface area contributed by atoms with Gasteiger partial charge in [0.2, 0.25) is 0 Å². The second kappa shape index (κ2) is 3.98. The van der Waals surface area contributed by atoms with Crippen molar-refractivity contribution in [1.82, 2.24) is 9.99 Å². The molecule has 0 aliphatic heterocycles. The zero-order valence-electron chi connectivity index (χ0n) is 8.05. The summed E-state index contributed by atoms with van der Waals surface area (Å²) in [7, 11) is 0. The summed E-state index contributed by atoms with van der Waals surface area (Å²) in [6.07, 6.45) is 3.83.